The quantitative estimate of drug-likeness (QED) is 0.592. The zero-order valence-electron chi connectivity index (χ0n) is 7.27. The summed E-state index contributed by atoms with van der Waals surface area (Å²) < 4.78 is 0. The Bertz CT molecular complexity index is 108. The Morgan fingerprint density at radius 1 is 1.50 bits per heavy atom. The van der Waals surface area contributed by atoms with Crippen LogP contribution in [0, 0.1) is 11.3 Å². The zero-order chi connectivity index (χ0) is 8.20. The molecule has 0 unspecified atom stereocenters. The minimum Gasteiger partial charge on any atom is -0.358 e. The third-order valence-electron chi connectivity index (χ3n) is 2.20. The molecule has 0 spiro atoms. The minimum atomic E-state index is 0.209. The molecule has 1 N–H and O–H groups in total. The van der Waals surface area contributed by atoms with Gasteiger partial charge in [-0.3, -0.25) is 4.79 Å². The normalized spacial score (nSPS) is 11.7. The molecule has 1 amide bonds. The van der Waals surface area contributed by atoms with Crippen molar-refractivity contribution >= 4 is 6.41 Å². The van der Waals surface area contributed by atoms with Gasteiger partial charge in [-0.15, -0.1) is 0 Å². The molecule has 0 saturated carbocycles. The summed E-state index contributed by atoms with van der Waals surface area (Å²) in [5, 5.41) is 2.69. The van der Waals surface area contributed by atoms with Gasteiger partial charge in [-0.05, 0) is 11.3 Å². The third kappa shape index (κ3) is 2.85. The van der Waals surface area contributed by atoms with Crippen molar-refractivity contribution in [1.82, 2.24) is 5.32 Å². The monoisotopic (exact) mass is 143 g/mol. The number of hydrogen-bond acceptors (Lipinski definition) is 1. The summed E-state index contributed by atoms with van der Waals surface area (Å²) in [5.74, 6) is 0.597. The first kappa shape index (κ1) is 9.47. The van der Waals surface area contributed by atoms with Crippen LogP contribution in [0.5, 0.6) is 0 Å². The van der Waals surface area contributed by atoms with E-state index in [1.807, 2.05) is 0 Å². The van der Waals surface area contributed by atoms with Crippen molar-refractivity contribution in [3.05, 3.63) is 0 Å². The highest BCUT2D eigenvalue weighted by Crippen LogP contribution is 2.24. The second kappa shape index (κ2) is 3.59. The Labute approximate surface area is 63.0 Å². The Kier molecular flexibility index (Phi) is 3.40. The molecule has 10 heavy (non-hydrogen) atoms. The van der Waals surface area contributed by atoms with Gasteiger partial charge in [-0.1, -0.05) is 27.7 Å². The number of nitrogens with one attached hydrogen (secondary N) is 1. The summed E-state index contributed by atoms with van der Waals surface area (Å²) in [7, 11) is 0. The van der Waals surface area contributed by atoms with Crippen LogP contribution < -0.4 is 5.32 Å². The average molecular weight is 143 g/mol. The van der Waals surface area contributed by atoms with Gasteiger partial charge in [0.25, 0.3) is 0 Å². The number of hydrogen-bond donors (Lipinski definition) is 1. The van der Waals surface area contributed by atoms with Crippen molar-refractivity contribution < 1.29 is 4.79 Å². The average Bonchev–Trinajstić information content (AvgIpc) is 1.84. The number of carbonyl (C=O) groups is 1. The maximum Gasteiger partial charge on any atom is 0.207 e. The molecule has 0 radical (unpaired) electrons. The fraction of sp³-hybridized carbons (Fsp3) is 0.875. The van der Waals surface area contributed by atoms with Crippen molar-refractivity contribution in [2.45, 2.75) is 27.7 Å². The zero-order valence-corrected chi connectivity index (χ0v) is 7.27. The standard InChI is InChI=1S/C8H17NO/c1-7(2)8(3,4)5-9-6-10/h6-7H,5H2,1-4H3,(H,9,10). The first-order chi connectivity index (χ1) is 4.50. The molecule has 0 aliphatic rings. The van der Waals surface area contributed by atoms with E-state index in [1.54, 1.807) is 0 Å². The smallest absolute Gasteiger partial charge is 0.207 e. The SMILES string of the molecule is CC(C)C(C)(C)CNC=O. The van der Waals surface area contributed by atoms with Crippen molar-refractivity contribution in [3.8, 4) is 0 Å². The Balaban J connectivity index is 3.74. The molecule has 0 aliphatic heterocycles. The summed E-state index contributed by atoms with van der Waals surface area (Å²) in [6, 6.07) is 0. The highest BCUT2D eigenvalue weighted by atomic mass is 16.1. The van der Waals surface area contributed by atoms with E-state index < -0.39 is 0 Å². The van der Waals surface area contributed by atoms with Crippen LogP contribution in [0.2, 0.25) is 0 Å². The largest absolute Gasteiger partial charge is 0.358 e. The van der Waals surface area contributed by atoms with Crippen molar-refractivity contribution in [3.63, 3.8) is 0 Å². The summed E-state index contributed by atoms with van der Waals surface area (Å²) >= 11 is 0. The lowest BCUT2D eigenvalue weighted by atomic mass is 9.81. The molecule has 0 aliphatic carbocycles. The maximum absolute atomic E-state index is 9.96. The van der Waals surface area contributed by atoms with Crippen LogP contribution in [0.1, 0.15) is 27.7 Å². The molecule has 0 bridgehead atoms. The van der Waals surface area contributed by atoms with E-state index in [2.05, 4.69) is 33.0 Å². The molecule has 0 aromatic carbocycles. The highest BCUT2D eigenvalue weighted by Gasteiger charge is 2.21. The third-order valence-corrected chi connectivity index (χ3v) is 2.20. The van der Waals surface area contributed by atoms with E-state index in [4.69, 9.17) is 0 Å². The van der Waals surface area contributed by atoms with Gasteiger partial charge in [0.1, 0.15) is 0 Å². The Morgan fingerprint density at radius 3 is 2.30 bits per heavy atom. The molecule has 0 fully saturated rings. The highest BCUT2D eigenvalue weighted by molar-refractivity contribution is 5.45. The van der Waals surface area contributed by atoms with Gasteiger partial charge < -0.3 is 5.32 Å². The predicted octanol–water partition coefficient (Wildman–Crippen LogP) is 1.41. The second-order valence-corrected chi connectivity index (χ2v) is 3.64. The Morgan fingerprint density at radius 2 is 2.00 bits per heavy atom. The lowest BCUT2D eigenvalue weighted by molar-refractivity contribution is -0.110. The van der Waals surface area contributed by atoms with E-state index in [0.29, 0.717) is 5.92 Å². The fourth-order valence-corrected chi connectivity index (χ4v) is 0.509. The lowest BCUT2D eigenvalue weighted by Gasteiger charge is -2.28. The molecule has 60 valence electrons. The Hall–Kier alpha value is -0.530. The fourth-order valence-electron chi connectivity index (χ4n) is 0.509. The number of carbonyl (C=O) groups excluding carboxylic acids is 1. The first-order valence-electron chi connectivity index (χ1n) is 3.67. The van der Waals surface area contributed by atoms with E-state index in [9.17, 15) is 4.79 Å². The van der Waals surface area contributed by atoms with Gasteiger partial charge in [0, 0.05) is 6.54 Å². The van der Waals surface area contributed by atoms with Crippen LogP contribution in [0.25, 0.3) is 0 Å². The molecule has 2 nitrogen and oxygen atoms in total. The van der Waals surface area contributed by atoms with Crippen LogP contribution in [0.4, 0.5) is 0 Å². The second-order valence-electron chi connectivity index (χ2n) is 3.64. The molecule has 0 rings (SSSR count). The van der Waals surface area contributed by atoms with E-state index >= 15 is 0 Å². The summed E-state index contributed by atoms with van der Waals surface area (Å²) in [5.41, 5.74) is 0.209. The maximum atomic E-state index is 9.96. The molecule has 0 heterocycles. The summed E-state index contributed by atoms with van der Waals surface area (Å²) in [6.07, 6.45) is 0.754. The molecule has 0 saturated heterocycles. The number of amides is 1. The first-order valence-corrected chi connectivity index (χ1v) is 3.67. The molecule has 0 aromatic heterocycles. The minimum absolute atomic E-state index is 0.209. The molecule has 0 atom stereocenters. The van der Waals surface area contributed by atoms with E-state index in [1.165, 1.54) is 0 Å². The molecular formula is C8H17NO. The van der Waals surface area contributed by atoms with Gasteiger partial charge in [-0.2, -0.15) is 0 Å². The molecular weight excluding hydrogens is 126 g/mol. The molecule has 2 heteroatoms. The van der Waals surface area contributed by atoms with Crippen molar-refractivity contribution in [2.24, 2.45) is 11.3 Å². The van der Waals surface area contributed by atoms with Crippen LogP contribution in [0.15, 0.2) is 0 Å². The van der Waals surface area contributed by atoms with Crippen LogP contribution in [0.3, 0.4) is 0 Å². The predicted molar refractivity (Wildman–Crippen MR) is 42.7 cm³/mol. The van der Waals surface area contributed by atoms with E-state index in [0.717, 1.165) is 13.0 Å². The van der Waals surface area contributed by atoms with Crippen LogP contribution in [-0.4, -0.2) is 13.0 Å². The van der Waals surface area contributed by atoms with Crippen LogP contribution in [-0.2, 0) is 4.79 Å². The summed E-state index contributed by atoms with van der Waals surface area (Å²) in [6.45, 7) is 9.37. The van der Waals surface area contributed by atoms with E-state index in [-0.39, 0.29) is 5.41 Å². The van der Waals surface area contributed by atoms with Crippen molar-refractivity contribution in [2.75, 3.05) is 6.54 Å². The topological polar surface area (TPSA) is 29.1 Å². The summed E-state index contributed by atoms with van der Waals surface area (Å²) in [4.78, 5) is 9.96. The number of rotatable bonds is 4. The molecule has 0 aromatic rings. The van der Waals surface area contributed by atoms with Gasteiger partial charge in [0.2, 0.25) is 6.41 Å². The van der Waals surface area contributed by atoms with Gasteiger partial charge in [0.05, 0.1) is 0 Å². The van der Waals surface area contributed by atoms with Gasteiger partial charge in [0.15, 0.2) is 0 Å². The lowest BCUT2D eigenvalue weighted by Crippen LogP contribution is -2.32. The van der Waals surface area contributed by atoms with Gasteiger partial charge >= 0.3 is 0 Å². The van der Waals surface area contributed by atoms with Gasteiger partial charge in [-0.25, -0.2) is 0 Å². The van der Waals surface area contributed by atoms with Crippen LogP contribution >= 0.6 is 0 Å². The van der Waals surface area contributed by atoms with Crippen molar-refractivity contribution in [1.29, 1.82) is 0 Å².